The second kappa shape index (κ2) is 33.5. The number of amides is 5. The molecule has 0 spiro atoms. The Bertz CT molecular complexity index is 4290. The molecule has 4 aliphatic carbocycles. The quantitative estimate of drug-likeness (QED) is 0.0124. The number of aliphatic hydroxyl groups excluding tert-OH is 1. The fraction of sp³-hybridized carbons (Fsp3) is 0.570. The minimum absolute atomic E-state index is 0.0487. The third kappa shape index (κ3) is 19.1. The zero-order valence-electron chi connectivity index (χ0n) is 62.9. The molecule has 3 saturated heterocycles. The van der Waals surface area contributed by atoms with Gasteiger partial charge >= 0.3 is 5.51 Å². The smallest absolute Gasteiger partial charge is 0.391 e. The number of hydrogen-bond donors (Lipinski definition) is 5. The molecule has 5 N–H and O–H groups in total. The Balaban J connectivity index is 0.638. The molecule has 108 heavy (non-hydrogen) atoms. The van der Waals surface area contributed by atoms with E-state index in [9.17, 15) is 67.9 Å². The van der Waals surface area contributed by atoms with Gasteiger partial charge < -0.3 is 40.7 Å². The fourth-order valence-corrected chi connectivity index (χ4v) is 20.3. The van der Waals surface area contributed by atoms with Gasteiger partial charge in [0.15, 0.2) is 0 Å². The number of anilines is 2. The average molecular weight is 1580 g/mol. The largest absolute Gasteiger partial charge is 0.501 e. The van der Waals surface area contributed by atoms with Crippen molar-refractivity contribution in [2.45, 2.75) is 208 Å². The molecule has 1 aromatic heterocycles. The predicted molar refractivity (Wildman–Crippen MR) is 410 cm³/mol. The maximum absolute atomic E-state index is 14.6. The summed E-state index contributed by atoms with van der Waals surface area (Å²) in [5.74, 6) is -2.10. The lowest BCUT2D eigenvalue weighted by molar-refractivity contribution is -0.250. The number of alkyl halides is 5. The van der Waals surface area contributed by atoms with Crippen LogP contribution in [0.2, 0.25) is 0 Å². The summed E-state index contributed by atoms with van der Waals surface area (Å²) in [6, 6.07) is 22.6. The number of halogens is 5. The number of sulfone groups is 1. The number of thioether (sulfide) groups is 1. The van der Waals surface area contributed by atoms with Crippen molar-refractivity contribution < 1.29 is 67.9 Å². The molecule has 2 bridgehead atoms. The van der Waals surface area contributed by atoms with E-state index in [-0.39, 0.29) is 65.8 Å². The van der Waals surface area contributed by atoms with E-state index in [2.05, 4.69) is 49.5 Å². The van der Waals surface area contributed by atoms with Gasteiger partial charge in [0.2, 0.25) is 30.1 Å². The zero-order valence-corrected chi connectivity index (χ0v) is 66.1. The highest BCUT2D eigenvalue weighted by Gasteiger charge is 2.73. The van der Waals surface area contributed by atoms with Gasteiger partial charge in [0, 0.05) is 125 Å². The second-order valence-electron chi connectivity index (χ2n) is 32.5. The van der Waals surface area contributed by atoms with E-state index in [1.165, 1.54) is 39.9 Å². The SMILES string of the molecule is Cc1ncsc1-c1ccc([C@H](C)NC(=O)[C@@H]2C[C@@H](O)CN2C(=O)C(NC(=O)CCCCCC(=O)N(C)C2CCN(CCC(CSc3ccccc3)Nc3ccc(S(=O)(=O)NC(=O)c4ccc(N5CCN(CC6=C(C78CC(C(F)F)(C7)C8)CC(C)(C)CC6)CC5)cc4)cc3S(=O)(=O)C(F)(F)F)CC2)C(C)(C)C)cc1. The number of benzene rings is 4. The number of aromatic nitrogens is 1. The molecular weight excluding hydrogens is 1470 g/mol. The van der Waals surface area contributed by atoms with Crippen molar-refractivity contribution >= 4 is 83.9 Å². The molecule has 5 amide bonds. The number of allylic oxidation sites excluding steroid dienone is 1. The van der Waals surface area contributed by atoms with Crippen molar-refractivity contribution in [3.8, 4) is 10.4 Å². The number of unbranched alkanes of at least 4 members (excludes halogenated alkanes) is 2. The van der Waals surface area contributed by atoms with Crippen LogP contribution in [-0.2, 0) is 39.0 Å². The molecule has 588 valence electrons. The number of hydrogen-bond acceptors (Lipinski definition) is 17. The van der Waals surface area contributed by atoms with E-state index in [0.717, 1.165) is 83.3 Å². The van der Waals surface area contributed by atoms with Crippen LogP contribution in [0.5, 0.6) is 0 Å². The summed E-state index contributed by atoms with van der Waals surface area (Å²) in [7, 11) is -9.39. The number of rotatable bonds is 30. The lowest BCUT2D eigenvalue weighted by Gasteiger charge is -2.72. The van der Waals surface area contributed by atoms with Gasteiger partial charge in [-0.05, 0) is 166 Å². The topological polar surface area (TPSA) is 251 Å². The highest BCUT2D eigenvalue weighted by Crippen LogP contribution is 2.79. The number of likely N-dealkylation sites (tertiary alicyclic amines) is 2. The number of aryl methyl sites for hydroxylation is 1. The Morgan fingerprint density at radius 3 is 2.12 bits per heavy atom. The van der Waals surface area contributed by atoms with Crippen LogP contribution < -0.4 is 25.6 Å². The Kier molecular flexibility index (Phi) is 25.4. The fourth-order valence-electron chi connectivity index (χ4n) is 16.5. The summed E-state index contributed by atoms with van der Waals surface area (Å²) >= 11 is 2.95. The number of thiazole rings is 1. The van der Waals surface area contributed by atoms with E-state index >= 15 is 0 Å². The summed E-state index contributed by atoms with van der Waals surface area (Å²) in [5, 5.41) is 19.7. The molecule has 2 unspecified atom stereocenters. The van der Waals surface area contributed by atoms with Crippen molar-refractivity contribution in [3.63, 3.8) is 0 Å². The first kappa shape index (κ1) is 82.0. The van der Waals surface area contributed by atoms with E-state index < -0.39 is 106 Å². The van der Waals surface area contributed by atoms with Gasteiger partial charge in [-0.15, -0.1) is 23.1 Å². The first-order valence-corrected chi connectivity index (χ1v) is 42.4. The van der Waals surface area contributed by atoms with E-state index in [1.807, 2.05) is 93.9 Å². The predicted octanol–water partition coefficient (Wildman–Crippen LogP) is 12.8. The van der Waals surface area contributed by atoms with Gasteiger partial charge in [0.05, 0.1) is 38.8 Å². The minimum Gasteiger partial charge on any atom is -0.391 e. The van der Waals surface area contributed by atoms with E-state index in [4.69, 9.17) is 0 Å². The van der Waals surface area contributed by atoms with E-state index in [1.54, 1.807) is 40.9 Å². The monoisotopic (exact) mass is 1570 g/mol. The van der Waals surface area contributed by atoms with Crippen LogP contribution in [0.25, 0.3) is 10.4 Å². The maximum atomic E-state index is 14.6. The normalized spacial score (nSPS) is 22.4. The highest BCUT2D eigenvalue weighted by molar-refractivity contribution is 7.99. The number of nitrogens with one attached hydrogen (secondary N) is 4. The minimum atomic E-state index is -6.19. The van der Waals surface area contributed by atoms with Crippen molar-refractivity contribution in [1.82, 2.24) is 39.9 Å². The number of β-amino-alcohol motifs (C(OH)–C–C–N with tert-alkyl or cyclic N) is 1. The van der Waals surface area contributed by atoms with Crippen molar-refractivity contribution in [3.05, 3.63) is 131 Å². The molecule has 12 rings (SSSR count). The molecule has 4 heterocycles. The zero-order chi connectivity index (χ0) is 77.9. The van der Waals surface area contributed by atoms with Crippen LogP contribution in [0.4, 0.5) is 33.3 Å². The number of carbonyl (C=O) groups is 5. The number of piperidine rings is 1. The van der Waals surface area contributed by atoms with Gasteiger partial charge in [-0.1, -0.05) is 94.7 Å². The van der Waals surface area contributed by atoms with Gasteiger partial charge in [-0.3, -0.25) is 28.9 Å². The van der Waals surface area contributed by atoms with Crippen molar-refractivity contribution in [1.29, 1.82) is 0 Å². The third-order valence-corrected chi connectivity index (χ3v) is 27.9. The number of nitrogens with zero attached hydrogens (tertiary/aromatic N) is 6. The first-order chi connectivity index (χ1) is 50.9. The Labute approximate surface area is 640 Å². The Morgan fingerprint density at radius 2 is 1.49 bits per heavy atom. The van der Waals surface area contributed by atoms with Crippen LogP contribution in [0, 0.1) is 28.6 Å². The molecule has 6 fully saturated rings. The number of carbonyl (C=O) groups excluding carboxylic acids is 5. The van der Waals surface area contributed by atoms with Gasteiger partial charge in [-0.25, -0.2) is 35.3 Å². The average Bonchev–Trinajstić information content (AvgIpc) is 0.919. The Morgan fingerprint density at radius 1 is 0.824 bits per heavy atom. The van der Waals surface area contributed by atoms with Gasteiger partial charge in [0.1, 0.15) is 17.0 Å². The van der Waals surface area contributed by atoms with Gasteiger partial charge in [-0.2, -0.15) is 13.2 Å². The van der Waals surface area contributed by atoms with Crippen molar-refractivity contribution in [2.24, 2.45) is 21.7 Å². The summed E-state index contributed by atoms with van der Waals surface area (Å²) in [4.78, 5) is 82.7. The maximum Gasteiger partial charge on any atom is 0.501 e. The van der Waals surface area contributed by atoms with Crippen LogP contribution >= 0.6 is 23.1 Å². The first-order valence-electron chi connectivity index (χ1n) is 37.5. The molecule has 5 atom stereocenters. The standard InChI is InChI=1S/C79H103F5N10O10S4/c1-51(53-19-21-54(22-20-53)69-52(2)85-50-106-69)86-72(99)65-41-60(95)45-94(65)73(100)70(75(3,4)5)88-67(96)17-13-10-14-18-68(97)90(8)58-31-35-91(36-32-58)34-30-57(46-105-61-15-11-9-12-16-61)87-64-28-27-62(42-66(64)107(101,102)79(82,83)84)108(103,104)89-71(98)55-23-25-59(26-24-55)93-39-37-92(38-40-93)44-56-29-33-76(6,7)43-63(56)77-47-78(48-77,49-77)74(80)81/h9,11-12,15-16,19-28,42,50-51,57-58,60,65,70,74,87,95H,10,13-14,17-18,29-41,43-49H2,1-8H3,(H,86,99)(H,88,96)(H,89,98)/t51-,57?,60+,65-,70?,77?,78?/m0/s1. The molecule has 5 aromatic rings. The molecule has 4 aromatic carbocycles. The third-order valence-electron chi connectivity index (χ3n) is 22.9. The summed E-state index contributed by atoms with van der Waals surface area (Å²) in [6.45, 7) is 18.9. The van der Waals surface area contributed by atoms with E-state index in [0.29, 0.717) is 96.6 Å². The molecular formula is C79H103F5N10O10S4. The highest BCUT2D eigenvalue weighted by atomic mass is 32.2. The molecule has 20 nitrogen and oxygen atoms in total. The van der Waals surface area contributed by atoms with Gasteiger partial charge in [0.25, 0.3) is 25.8 Å². The molecule has 29 heteroatoms. The number of piperazine rings is 1. The summed E-state index contributed by atoms with van der Waals surface area (Å²) < 4.78 is 128. The van der Waals surface area contributed by atoms with Crippen LogP contribution in [-0.4, -0.2) is 190 Å². The van der Waals surface area contributed by atoms with Crippen LogP contribution in [0.1, 0.15) is 166 Å². The second-order valence-corrected chi connectivity index (χ2v) is 38.1. The molecule has 3 aliphatic heterocycles. The molecule has 0 radical (unpaired) electrons. The summed E-state index contributed by atoms with van der Waals surface area (Å²) in [5.41, 5.74) is 0.319. The lowest BCUT2D eigenvalue weighted by Crippen LogP contribution is -2.66. The van der Waals surface area contributed by atoms with Crippen LogP contribution in [0.3, 0.4) is 0 Å². The molecule has 7 aliphatic rings. The molecule has 3 saturated carbocycles. The lowest BCUT2D eigenvalue weighted by atomic mass is 9.32. The van der Waals surface area contributed by atoms with Crippen LogP contribution in [0.15, 0.2) is 128 Å². The number of aliphatic hydroxyl groups is 1. The number of sulfonamides is 1. The van der Waals surface area contributed by atoms with Crippen molar-refractivity contribution in [2.75, 3.05) is 81.9 Å². The Hall–Kier alpha value is -7.02. The summed E-state index contributed by atoms with van der Waals surface area (Å²) in [6.07, 6.45) is 4.95.